The first-order valence-corrected chi connectivity index (χ1v) is 7.66. The lowest BCUT2D eigenvalue weighted by Crippen LogP contribution is -2.02. The summed E-state index contributed by atoms with van der Waals surface area (Å²) in [4.78, 5) is 20.2. The van der Waals surface area contributed by atoms with Gasteiger partial charge in [0.1, 0.15) is 5.82 Å². The summed E-state index contributed by atoms with van der Waals surface area (Å²) in [5.74, 6) is 1.27. The third kappa shape index (κ3) is 3.95. The smallest absolute Gasteiger partial charge is 0.229 e. The van der Waals surface area contributed by atoms with Crippen molar-refractivity contribution in [3.8, 4) is 0 Å². The SMILES string of the molecule is CC(=O)c1ccc(Nc2nc(C)cc(Nc3ccccc3)n2)cc1. The van der Waals surface area contributed by atoms with Gasteiger partial charge in [-0.15, -0.1) is 0 Å². The van der Waals surface area contributed by atoms with Crippen molar-refractivity contribution >= 4 is 28.9 Å². The van der Waals surface area contributed by atoms with Gasteiger partial charge >= 0.3 is 0 Å². The van der Waals surface area contributed by atoms with Gasteiger partial charge < -0.3 is 10.6 Å². The summed E-state index contributed by atoms with van der Waals surface area (Å²) >= 11 is 0. The molecule has 0 spiro atoms. The maximum absolute atomic E-state index is 11.3. The second kappa shape index (κ2) is 6.91. The Morgan fingerprint density at radius 2 is 1.54 bits per heavy atom. The first-order chi connectivity index (χ1) is 11.6. The molecule has 0 amide bonds. The fourth-order valence-corrected chi connectivity index (χ4v) is 2.28. The van der Waals surface area contributed by atoms with E-state index in [2.05, 4.69) is 20.6 Å². The topological polar surface area (TPSA) is 66.9 Å². The zero-order chi connectivity index (χ0) is 16.9. The number of aromatic nitrogens is 2. The minimum absolute atomic E-state index is 0.0442. The van der Waals surface area contributed by atoms with Crippen LogP contribution in [0.15, 0.2) is 60.7 Å². The molecule has 5 nitrogen and oxygen atoms in total. The van der Waals surface area contributed by atoms with Gasteiger partial charge in [-0.05, 0) is 50.2 Å². The summed E-state index contributed by atoms with van der Waals surface area (Å²) in [5, 5.41) is 6.42. The highest BCUT2D eigenvalue weighted by Crippen LogP contribution is 2.19. The van der Waals surface area contributed by atoms with Crippen LogP contribution in [0.2, 0.25) is 0 Å². The Morgan fingerprint density at radius 1 is 0.875 bits per heavy atom. The molecule has 2 N–H and O–H groups in total. The molecule has 5 heteroatoms. The van der Waals surface area contributed by atoms with Gasteiger partial charge in [-0.25, -0.2) is 4.98 Å². The number of hydrogen-bond acceptors (Lipinski definition) is 5. The highest BCUT2D eigenvalue weighted by atomic mass is 16.1. The molecular weight excluding hydrogens is 300 g/mol. The number of anilines is 4. The third-order valence-corrected chi connectivity index (χ3v) is 3.45. The Labute approximate surface area is 140 Å². The molecule has 0 radical (unpaired) electrons. The van der Waals surface area contributed by atoms with E-state index in [4.69, 9.17) is 0 Å². The second-order valence-electron chi connectivity index (χ2n) is 5.47. The van der Waals surface area contributed by atoms with E-state index < -0.39 is 0 Å². The molecule has 3 rings (SSSR count). The van der Waals surface area contributed by atoms with E-state index in [1.54, 1.807) is 19.1 Å². The van der Waals surface area contributed by atoms with Gasteiger partial charge in [-0.1, -0.05) is 18.2 Å². The van der Waals surface area contributed by atoms with E-state index >= 15 is 0 Å². The average Bonchev–Trinajstić information content (AvgIpc) is 2.55. The molecule has 0 bridgehead atoms. The number of nitrogens with zero attached hydrogens (tertiary/aromatic N) is 2. The molecule has 0 saturated carbocycles. The van der Waals surface area contributed by atoms with Crippen LogP contribution in [0, 0.1) is 6.92 Å². The van der Waals surface area contributed by atoms with Crippen LogP contribution in [-0.2, 0) is 0 Å². The number of benzene rings is 2. The molecule has 0 unspecified atom stereocenters. The largest absolute Gasteiger partial charge is 0.340 e. The van der Waals surface area contributed by atoms with Crippen molar-refractivity contribution in [1.82, 2.24) is 9.97 Å². The highest BCUT2D eigenvalue weighted by molar-refractivity contribution is 5.94. The number of rotatable bonds is 5. The lowest BCUT2D eigenvalue weighted by atomic mass is 10.1. The Hall–Kier alpha value is -3.21. The van der Waals surface area contributed by atoms with Gasteiger partial charge in [0.05, 0.1) is 0 Å². The molecule has 0 atom stereocenters. The summed E-state index contributed by atoms with van der Waals surface area (Å²) in [7, 11) is 0. The number of hydrogen-bond donors (Lipinski definition) is 2. The van der Waals surface area contributed by atoms with E-state index in [9.17, 15) is 4.79 Å². The van der Waals surface area contributed by atoms with E-state index in [0.29, 0.717) is 11.5 Å². The van der Waals surface area contributed by atoms with E-state index in [-0.39, 0.29) is 5.78 Å². The van der Waals surface area contributed by atoms with Crippen molar-refractivity contribution in [2.24, 2.45) is 0 Å². The minimum atomic E-state index is 0.0442. The van der Waals surface area contributed by atoms with Crippen LogP contribution in [0.3, 0.4) is 0 Å². The zero-order valence-electron chi connectivity index (χ0n) is 13.6. The molecule has 0 aliphatic rings. The molecule has 0 aliphatic heterocycles. The summed E-state index contributed by atoms with van der Waals surface area (Å²) in [6.45, 7) is 3.47. The number of carbonyl (C=O) groups is 1. The first-order valence-electron chi connectivity index (χ1n) is 7.66. The zero-order valence-corrected chi connectivity index (χ0v) is 13.6. The maximum Gasteiger partial charge on any atom is 0.229 e. The van der Waals surface area contributed by atoms with Gasteiger partial charge in [-0.3, -0.25) is 4.79 Å². The first kappa shape index (κ1) is 15.7. The van der Waals surface area contributed by atoms with Gasteiger partial charge in [0.2, 0.25) is 5.95 Å². The average molecular weight is 318 g/mol. The summed E-state index contributed by atoms with van der Waals surface area (Å²) in [6.07, 6.45) is 0. The Bertz CT molecular complexity index is 845. The predicted molar refractivity (Wildman–Crippen MR) is 96.2 cm³/mol. The summed E-state index contributed by atoms with van der Waals surface area (Å²) in [5.41, 5.74) is 3.33. The Morgan fingerprint density at radius 3 is 2.21 bits per heavy atom. The molecule has 2 aromatic carbocycles. The normalized spacial score (nSPS) is 10.2. The van der Waals surface area contributed by atoms with Crippen molar-refractivity contribution in [3.05, 3.63) is 71.9 Å². The van der Waals surface area contributed by atoms with E-state index in [1.807, 2.05) is 55.5 Å². The molecule has 1 aromatic heterocycles. The van der Waals surface area contributed by atoms with Crippen LogP contribution >= 0.6 is 0 Å². The van der Waals surface area contributed by atoms with Crippen LogP contribution in [0.1, 0.15) is 23.0 Å². The van der Waals surface area contributed by atoms with Crippen molar-refractivity contribution in [2.45, 2.75) is 13.8 Å². The van der Waals surface area contributed by atoms with Gasteiger partial charge in [0.15, 0.2) is 5.78 Å². The number of aryl methyl sites for hydroxylation is 1. The molecule has 0 saturated heterocycles. The lowest BCUT2D eigenvalue weighted by molar-refractivity contribution is 0.101. The fourth-order valence-electron chi connectivity index (χ4n) is 2.28. The van der Waals surface area contributed by atoms with Crippen molar-refractivity contribution in [3.63, 3.8) is 0 Å². The van der Waals surface area contributed by atoms with Gasteiger partial charge in [0, 0.05) is 28.7 Å². The van der Waals surface area contributed by atoms with Crippen LogP contribution in [0.5, 0.6) is 0 Å². The number of ketones is 1. The standard InChI is InChI=1S/C19H18N4O/c1-13-12-18(21-16-6-4-3-5-7-16)23-19(20-13)22-17-10-8-15(9-11-17)14(2)24/h3-12H,1-2H3,(H2,20,21,22,23). The van der Waals surface area contributed by atoms with E-state index in [1.165, 1.54) is 0 Å². The third-order valence-electron chi connectivity index (χ3n) is 3.45. The van der Waals surface area contributed by atoms with Gasteiger partial charge in [0.25, 0.3) is 0 Å². The number of carbonyl (C=O) groups excluding carboxylic acids is 1. The fraction of sp³-hybridized carbons (Fsp3) is 0.105. The minimum Gasteiger partial charge on any atom is -0.340 e. The Balaban J connectivity index is 1.79. The number of Topliss-reactive ketones (excluding diaryl/α,β-unsaturated/α-hetero) is 1. The molecule has 120 valence electrons. The van der Waals surface area contributed by atoms with Crippen LogP contribution in [0.25, 0.3) is 0 Å². The molecule has 3 aromatic rings. The number of para-hydroxylation sites is 1. The molecule has 1 heterocycles. The summed E-state index contributed by atoms with van der Waals surface area (Å²) in [6, 6.07) is 19.0. The maximum atomic E-state index is 11.3. The number of nitrogens with one attached hydrogen (secondary N) is 2. The van der Waals surface area contributed by atoms with E-state index in [0.717, 1.165) is 22.9 Å². The van der Waals surface area contributed by atoms with Crippen molar-refractivity contribution < 1.29 is 4.79 Å². The monoisotopic (exact) mass is 318 g/mol. The summed E-state index contributed by atoms with van der Waals surface area (Å²) < 4.78 is 0. The highest BCUT2D eigenvalue weighted by Gasteiger charge is 2.04. The van der Waals surface area contributed by atoms with Crippen molar-refractivity contribution in [1.29, 1.82) is 0 Å². The lowest BCUT2D eigenvalue weighted by Gasteiger charge is -2.10. The van der Waals surface area contributed by atoms with Gasteiger partial charge in [-0.2, -0.15) is 4.98 Å². The van der Waals surface area contributed by atoms with Crippen LogP contribution in [-0.4, -0.2) is 15.8 Å². The molecular formula is C19H18N4O. The molecule has 0 aliphatic carbocycles. The van der Waals surface area contributed by atoms with Crippen LogP contribution in [0.4, 0.5) is 23.1 Å². The van der Waals surface area contributed by atoms with Crippen molar-refractivity contribution in [2.75, 3.05) is 10.6 Å². The quantitative estimate of drug-likeness (QED) is 0.679. The predicted octanol–water partition coefficient (Wildman–Crippen LogP) is 4.47. The Kier molecular flexibility index (Phi) is 4.52. The molecule has 24 heavy (non-hydrogen) atoms. The molecule has 0 fully saturated rings. The second-order valence-corrected chi connectivity index (χ2v) is 5.47. The van der Waals surface area contributed by atoms with Crippen LogP contribution < -0.4 is 10.6 Å².